The summed E-state index contributed by atoms with van der Waals surface area (Å²) in [4.78, 5) is 23.3. The van der Waals surface area contributed by atoms with Crippen LogP contribution in [0.4, 0.5) is 5.69 Å². The molecule has 4 heteroatoms. The van der Waals surface area contributed by atoms with Gasteiger partial charge in [-0.15, -0.1) is 0 Å². The molecule has 2 N–H and O–H groups in total. The molecule has 19 heavy (non-hydrogen) atoms. The zero-order valence-corrected chi connectivity index (χ0v) is 12.3. The van der Waals surface area contributed by atoms with Gasteiger partial charge in [0.2, 0.25) is 11.8 Å². The molecule has 0 unspecified atom stereocenters. The Morgan fingerprint density at radius 3 is 2.26 bits per heavy atom. The number of hydrogen-bond acceptors (Lipinski definition) is 2. The summed E-state index contributed by atoms with van der Waals surface area (Å²) in [5.74, 6) is -0.358. The van der Waals surface area contributed by atoms with E-state index in [9.17, 15) is 9.59 Å². The first-order valence-electron chi connectivity index (χ1n) is 6.35. The van der Waals surface area contributed by atoms with Crippen molar-refractivity contribution in [3.05, 3.63) is 29.3 Å². The molecule has 0 bridgehead atoms. The Bertz CT molecular complexity index is 487. The van der Waals surface area contributed by atoms with E-state index in [-0.39, 0.29) is 18.4 Å². The lowest BCUT2D eigenvalue weighted by molar-refractivity contribution is -0.130. The topological polar surface area (TPSA) is 58.2 Å². The minimum absolute atomic E-state index is 0.0109. The molecule has 0 aliphatic rings. The van der Waals surface area contributed by atoms with Crippen molar-refractivity contribution in [3.63, 3.8) is 0 Å². The van der Waals surface area contributed by atoms with Gasteiger partial charge in [0.1, 0.15) is 0 Å². The molecule has 0 spiro atoms. The zero-order valence-electron chi connectivity index (χ0n) is 12.3. The monoisotopic (exact) mass is 262 g/mol. The van der Waals surface area contributed by atoms with Crippen LogP contribution in [0.1, 0.15) is 31.9 Å². The maximum Gasteiger partial charge on any atom is 0.243 e. The second kappa shape index (κ2) is 5.87. The van der Waals surface area contributed by atoms with Gasteiger partial charge >= 0.3 is 0 Å². The van der Waals surface area contributed by atoms with E-state index >= 15 is 0 Å². The van der Waals surface area contributed by atoms with E-state index < -0.39 is 5.41 Å². The molecule has 0 aliphatic heterocycles. The minimum Gasteiger partial charge on any atom is -0.347 e. The summed E-state index contributed by atoms with van der Waals surface area (Å²) in [7, 11) is 0. The first-order chi connectivity index (χ1) is 8.70. The largest absolute Gasteiger partial charge is 0.347 e. The van der Waals surface area contributed by atoms with E-state index in [0.29, 0.717) is 0 Å². The van der Waals surface area contributed by atoms with Crippen LogP contribution in [0.2, 0.25) is 0 Å². The van der Waals surface area contributed by atoms with Crippen molar-refractivity contribution in [2.75, 3.05) is 11.9 Å². The standard InChI is InChI=1S/C15H22N2O2/c1-10-6-7-12(8-11(10)2)17-13(18)9-16-14(19)15(3,4)5/h6-8H,9H2,1-5H3,(H,16,19)(H,17,18). The Balaban J connectivity index is 2.52. The Morgan fingerprint density at radius 1 is 1.11 bits per heavy atom. The van der Waals surface area contributed by atoms with Crippen LogP contribution in [0, 0.1) is 19.3 Å². The molecule has 0 fully saturated rings. The van der Waals surface area contributed by atoms with E-state index in [1.54, 1.807) is 0 Å². The first-order valence-corrected chi connectivity index (χ1v) is 6.35. The van der Waals surface area contributed by atoms with E-state index in [1.165, 1.54) is 5.56 Å². The van der Waals surface area contributed by atoms with Crippen LogP contribution in [0.25, 0.3) is 0 Å². The molecule has 4 nitrogen and oxygen atoms in total. The Morgan fingerprint density at radius 2 is 1.74 bits per heavy atom. The molecule has 0 heterocycles. The molecular formula is C15H22N2O2. The molecule has 0 saturated heterocycles. The van der Waals surface area contributed by atoms with Crippen LogP contribution < -0.4 is 10.6 Å². The number of carbonyl (C=O) groups excluding carboxylic acids is 2. The highest BCUT2D eigenvalue weighted by molar-refractivity contribution is 5.95. The molecule has 0 atom stereocenters. The number of benzene rings is 1. The molecule has 1 aromatic carbocycles. The molecule has 1 rings (SSSR count). The molecule has 2 amide bonds. The van der Waals surface area contributed by atoms with Crippen molar-refractivity contribution >= 4 is 17.5 Å². The number of anilines is 1. The summed E-state index contributed by atoms with van der Waals surface area (Å²) in [5, 5.41) is 5.38. The average molecular weight is 262 g/mol. The van der Waals surface area contributed by atoms with E-state index in [4.69, 9.17) is 0 Å². The van der Waals surface area contributed by atoms with Gasteiger partial charge in [-0.2, -0.15) is 0 Å². The Kier molecular flexibility index (Phi) is 4.70. The van der Waals surface area contributed by atoms with Crippen molar-refractivity contribution in [3.8, 4) is 0 Å². The molecule has 1 aromatic rings. The van der Waals surface area contributed by atoms with Gasteiger partial charge in [-0.3, -0.25) is 9.59 Å². The predicted molar refractivity (Wildman–Crippen MR) is 77.0 cm³/mol. The quantitative estimate of drug-likeness (QED) is 0.878. The highest BCUT2D eigenvalue weighted by atomic mass is 16.2. The van der Waals surface area contributed by atoms with E-state index in [2.05, 4.69) is 10.6 Å². The third-order valence-corrected chi connectivity index (χ3v) is 2.88. The third-order valence-electron chi connectivity index (χ3n) is 2.88. The number of rotatable bonds is 3. The molecule has 0 aromatic heterocycles. The van der Waals surface area contributed by atoms with Gasteiger partial charge in [0.15, 0.2) is 0 Å². The highest BCUT2D eigenvalue weighted by Crippen LogP contribution is 2.14. The second-order valence-corrected chi connectivity index (χ2v) is 5.78. The smallest absolute Gasteiger partial charge is 0.243 e. The summed E-state index contributed by atoms with van der Waals surface area (Å²) >= 11 is 0. The van der Waals surface area contributed by atoms with Crippen molar-refractivity contribution in [1.29, 1.82) is 0 Å². The normalized spacial score (nSPS) is 11.0. The second-order valence-electron chi connectivity index (χ2n) is 5.78. The average Bonchev–Trinajstić information content (AvgIpc) is 2.29. The lowest BCUT2D eigenvalue weighted by Gasteiger charge is -2.17. The molecular weight excluding hydrogens is 240 g/mol. The molecule has 0 radical (unpaired) electrons. The van der Waals surface area contributed by atoms with Gasteiger partial charge in [0, 0.05) is 11.1 Å². The number of amides is 2. The van der Waals surface area contributed by atoms with Crippen LogP contribution in [0.3, 0.4) is 0 Å². The van der Waals surface area contributed by atoms with Gasteiger partial charge in [0.25, 0.3) is 0 Å². The Hall–Kier alpha value is -1.84. The highest BCUT2D eigenvalue weighted by Gasteiger charge is 2.21. The summed E-state index contributed by atoms with van der Waals surface area (Å²) in [5.41, 5.74) is 2.56. The summed E-state index contributed by atoms with van der Waals surface area (Å²) in [6, 6.07) is 5.73. The molecule has 0 aliphatic carbocycles. The number of hydrogen-bond donors (Lipinski definition) is 2. The lowest BCUT2D eigenvalue weighted by atomic mass is 9.96. The molecule has 104 valence electrons. The van der Waals surface area contributed by atoms with Crippen molar-refractivity contribution in [1.82, 2.24) is 5.32 Å². The lowest BCUT2D eigenvalue weighted by Crippen LogP contribution is -2.39. The van der Waals surface area contributed by atoms with Crippen molar-refractivity contribution in [2.24, 2.45) is 5.41 Å². The number of aryl methyl sites for hydroxylation is 2. The van der Waals surface area contributed by atoms with Crippen LogP contribution in [-0.2, 0) is 9.59 Å². The fourth-order valence-electron chi connectivity index (χ4n) is 1.45. The van der Waals surface area contributed by atoms with Crippen molar-refractivity contribution < 1.29 is 9.59 Å². The summed E-state index contributed by atoms with van der Waals surface area (Å²) in [6.45, 7) is 9.43. The van der Waals surface area contributed by atoms with E-state index in [1.807, 2.05) is 52.8 Å². The van der Waals surface area contributed by atoms with Gasteiger partial charge in [-0.25, -0.2) is 0 Å². The zero-order chi connectivity index (χ0) is 14.6. The van der Waals surface area contributed by atoms with Crippen molar-refractivity contribution in [2.45, 2.75) is 34.6 Å². The fraction of sp³-hybridized carbons (Fsp3) is 0.467. The summed E-state index contributed by atoms with van der Waals surface area (Å²) < 4.78 is 0. The van der Waals surface area contributed by atoms with Crippen LogP contribution >= 0.6 is 0 Å². The fourth-order valence-corrected chi connectivity index (χ4v) is 1.45. The van der Waals surface area contributed by atoms with E-state index in [0.717, 1.165) is 11.3 Å². The summed E-state index contributed by atoms with van der Waals surface area (Å²) in [6.07, 6.45) is 0. The number of carbonyl (C=O) groups is 2. The maximum atomic E-state index is 11.7. The van der Waals surface area contributed by atoms with Crippen LogP contribution in [0.15, 0.2) is 18.2 Å². The maximum absolute atomic E-state index is 11.7. The van der Waals surface area contributed by atoms with Crippen LogP contribution in [0.5, 0.6) is 0 Å². The first kappa shape index (κ1) is 15.2. The van der Waals surface area contributed by atoms with Gasteiger partial charge in [-0.05, 0) is 37.1 Å². The number of nitrogens with one attached hydrogen (secondary N) is 2. The van der Waals surface area contributed by atoms with Gasteiger partial charge in [0.05, 0.1) is 6.54 Å². The SMILES string of the molecule is Cc1ccc(NC(=O)CNC(=O)C(C)(C)C)cc1C. The Labute approximate surface area is 114 Å². The van der Waals surface area contributed by atoms with Crippen LogP contribution in [-0.4, -0.2) is 18.4 Å². The predicted octanol–water partition coefficient (Wildman–Crippen LogP) is 2.40. The van der Waals surface area contributed by atoms with Gasteiger partial charge < -0.3 is 10.6 Å². The molecule has 0 saturated carbocycles. The van der Waals surface area contributed by atoms with Gasteiger partial charge in [-0.1, -0.05) is 26.8 Å². The minimum atomic E-state index is -0.485. The third kappa shape index (κ3) is 4.73.